The molecule has 156 valence electrons. The Morgan fingerprint density at radius 3 is 2.10 bits per heavy atom. The van der Waals surface area contributed by atoms with Crippen LogP contribution < -0.4 is 4.90 Å². The lowest BCUT2D eigenvalue weighted by molar-refractivity contribution is -0.0399. The molecule has 4 saturated carbocycles. The minimum Gasteiger partial charge on any atom is -0.345 e. The third-order valence-electron chi connectivity index (χ3n) is 9.31. The summed E-state index contributed by atoms with van der Waals surface area (Å²) in [7, 11) is 2.20. The Kier molecular flexibility index (Phi) is 3.64. The summed E-state index contributed by atoms with van der Waals surface area (Å²) in [4.78, 5) is 2.35. The SMILES string of the molecule is Cc1cccc(N(C)c2ccc3c(c2)-c2ccccc2C32C3CC4CC(C3)CC2C4)c1. The monoisotopic (exact) mass is 405 g/mol. The number of nitrogens with zero attached hydrogens (tertiary/aromatic N) is 1. The molecule has 8 rings (SSSR count). The third kappa shape index (κ3) is 2.33. The molecule has 0 atom stereocenters. The molecule has 1 spiro atoms. The minimum absolute atomic E-state index is 0.278. The van der Waals surface area contributed by atoms with Gasteiger partial charge in [0.25, 0.3) is 0 Å². The van der Waals surface area contributed by atoms with Crippen molar-refractivity contribution in [3.8, 4) is 11.1 Å². The van der Waals surface area contributed by atoms with Gasteiger partial charge in [0.05, 0.1) is 0 Å². The van der Waals surface area contributed by atoms with Crippen LogP contribution in [0.15, 0.2) is 66.7 Å². The molecule has 0 radical (unpaired) electrons. The van der Waals surface area contributed by atoms with Crippen LogP contribution in [-0.2, 0) is 5.41 Å². The summed E-state index contributed by atoms with van der Waals surface area (Å²) in [5.41, 5.74) is 10.4. The van der Waals surface area contributed by atoms with E-state index in [0.717, 1.165) is 23.7 Å². The molecule has 3 aromatic rings. The average Bonchev–Trinajstić information content (AvgIpc) is 3.07. The number of anilines is 2. The molecule has 5 aliphatic rings. The van der Waals surface area contributed by atoms with Crippen LogP contribution in [0.2, 0.25) is 0 Å². The van der Waals surface area contributed by atoms with E-state index in [4.69, 9.17) is 0 Å². The van der Waals surface area contributed by atoms with Gasteiger partial charge in [-0.05, 0) is 115 Å². The Balaban J connectivity index is 1.40. The molecule has 1 heteroatoms. The minimum atomic E-state index is 0.278. The molecule has 3 aromatic carbocycles. The molecule has 31 heavy (non-hydrogen) atoms. The van der Waals surface area contributed by atoms with Gasteiger partial charge in [-0.25, -0.2) is 0 Å². The molecule has 4 bridgehead atoms. The lowest BCUT2D eigenvalue weighted by Gasteiger charge is -2.61. The van der Waals surface area contributed by atoms with Crippen molar-refractivity contribution in [1.82, 2.24) is 0 Å². The van der Waals surface area contributed by atoms with Gasteiger partial charge < -0.3 is 4.90 Å². The molecule has 4 fully saturated rings. The first-order valence-electron chi connectivity index (χ1n) is 12.2. The van der Waals surface area contributed by atoms with Gasteiger partial charge >= 0.3 is 0 Å². The van der Waals surface area contributed by atoms with Crippen molar-refractivity contribution in [3.05, 3.63) is 83.4 Å². The van der Waals surface area contributed by atoms with Crippen LogP contribution in [0.1, 0.15) is 48.8 Å². The lowest BCUT2D eigenvalue weighted by atomic mass is 9.43. The second kappa shape index (κ2) is 6.25. The van der Waals surface area contributed by atoms with E-state index < -0.39 is 0 Å². The Labute approximate surface area is 186 Å². The normalized spacial score (nSPS) is 31.7. The first-order chi connectivity index (χ1) is 15.1. The van der Waals surface area contributed by atoms with E-state index in [1.54, 1.807) is 11.1 Å². The maximum atomic E-state index is 2.51. The van der Waals surface area contributed by atoms with Gasteiger partial charge in [0.1, 0.15) is 0 Å². The molecule has 0 unspecified atom stereocenters. The fourth-order valence-corrected chi connectivity index (χ4v) is 8.34. The van der Waals surface area contributed by atoms with Crippen LogP contribution in [0.5, 0.6) is 0 Å². The van der Waals surface area contributed by atoms with E-state index in [1.807, 2.05) is 0 Å². The topological polar surface area (TPSA) is 3.24 Å². The predicted molar refractivity (Wildman–Crippen MR) is 129 cm³/mol. The number of benzene rings is 3. The van der Waals surface area contributed by atoms with Crippen molar-refractivity contribution in [1.29, 1.82) is 0 Å². The maximum absolute atomic E-state index is 2.51. The van der Waals surface area contributed by atoms with Crippen LogP contribution in [0.4, 0.5) is 11.4 Å². The van der Waals surface area contributed by atoms with Crippen LogP contribution in [0, 0.1) is 30.6 Å². The van der Waals surface area contributed by atoms with E-state index in [1.165, 1.54) is 60.2 Å². The van der Waals surface area contributed by atoms with E-state index in [9.17, 15) is 0 Å². The summed E-state index contributed by atoms with van der Waals surface area (Å²) in [5.74, 6) is 3.67. The van der Waals surface area contributed by atoms with Gasteiger partial charge in [-0.15, -0.1) is 0 Å². The Bertz CT molecular complexity index is 1160. The predicted octanol–water partition coefficient (Wildman–Crippen LogP) is 7.49. The zero-order valence-corrected chi connectivity index (χ0v) is 18.6. The molecular formula is C30H31N. The molecule has 0 amide bonds. The maximum Gasteiger partial charge on any atom is 0.0414 e. The Morgan fingerprint density at radius 2 is 1.35 bits per heavy atom. The fraction of sp³-hybridized carbons (Fsp3) is 0.400. The van der Waals surface area contributed by atoms with E-state index in [2.05, 4.69) is 85.6 Å². The molecule has 1 nitrogen and oxygen atoms in total. The van der Waals surface area contributed by atoms with Crippen molar-refractivity contribution >= 4 is 11.4 Å². The van der Waals surface area contributed by atoms with Crippen LogP contribution in [-0.4, -0.2) is 7.05 Å². The van der Waals surface area contributed by atoms with E-state index in [-0.39, 0.29) is 5.41 Å². The fourth-order valence-electron chi connectivity index (χ4n) is 8.34. The van der Waals surface area contributed by atoms with Crippen LogP contribution in [0.3, 0.4) is 0 Å². The summed E-state index contributed by atoms with van der Waals surface area (Å²) in [6, 6.07) is 25.6. The molecule has 5 aliphatic carbocycles. The van der Waals surface area contributed by atoms with Gasteiger partial charge in [0, 0.05) is 23.8 Å². The highest BCUT2D eigenvalue weighted by Crippen LogP contribution is 2.69. The van der Waals surface area contributed by atoms with Crippen molar-refractivity contribution < 1.29 is 0 Å². The highest BCUT2D eigenvalue weighted by molar-refractivity contribution is 5.85. The molecular weight excluding hydrogens is 374 g/mol. The molecule has 0 aliphatic heterocycles. The van der Waals surface area contributed by atoms with Crippen molar-refractivity contribution in [2.75, 3.05) is 11.9 Å². The Hall–Kier alpha value is -2.54. The third-order valence-corrected chi connectivity index (χ3v) is 9.31. The van der Waals surface area contributed by atoms with E-state index >= 15 is 0 Å². The summed E-state index contributed by atoms with van der Waals surface area (Å²) in [6.45, 7) is 2.17. The number of fused-ring (bicyclic) bond motifs is 3. The highest BCUT2D eigenvalue weighted by atomic mass is 15.1. The van der Waals surface area contributed by atoms with Gasteiger partial charge in [-0.2, -0.15) is 0 Å². The standard InChI is InChI=1S/C30H31N/c1-19-6-5-7-24(12-19)31(2)25-10-11-29-27(18-25)26-8-3-4-9-28(26)30(29)22-14-20-13-21(16-22)17-23(30)15-20/h3-12,18,20-23H,13-17H2,1-2H3. The zero-order chi connectivity index (χ0) is 20.7. The number of hydrogen-bond acceptors (Lipinski definition) is 1. The molecule has 0 aromatic heterocycles. The summed E-state index contributed by atoms with van der Waals surface area (Å²) < 4.78 is 0. The van der Waals surface area contributed by atoms with Crippen molar-refractivity contribution in [2.24, 2.45) is 23.7 Å². The van der Waals surface area contributed by atoms with Gasteiger partial charge in [-0.1, -0.05) is 42.5 Å². The van der Waals surface area contributed by atoms with Gasteiger partial charge in [0.15, 0.2) is 0 Å². The van der Waals surface area contributed by atoms with Crippen LogP contribution in [0.25, 0.3) is 11.1 Å². The second-order valence-corrected chi connectivity index (χ2v) is 10.8. The number of rotatable bonds is 2. The molecule has 0 heterocycles. The van der Waals surface area contributed by atoms with Crippen LogP contribution >= 0.6 is 0 Å². The number of aryl methyl sites for hydroxylation is 1. The summed E-state index contributed by atoms with van der Waals surface area (Å²) >= 11 is 0. The first-order valence-corrected chi connectivity index (χ1v) is 12.2. The van der Waals surface area contributed by atoms with Crippen molar-refractivity contribution in [3.63, 3.8) is 0 Å². The summed E-state index contributed by atoms with van der Waals surface area (Å²) in [6.07, 6.45) is 7.31. The molecule has 0 N–H and O–H groups in total. The summed E-state index contributed by atoms with van der Waals surface area (Å²) in [5, 5.41) is 0. The van der Waals surface area contributed by atoms with Crippen molar-refractivity contribution in [2.45, 2.75) is 44.4 Å². The lowest BCUT2D eigenvalue weighted by Crippen LogP contribution is -2.55. The van der Waals surface area contributed by atoms with E-state index in [0.29, 0.717) is 0 Å². The quantitative estimate of drug-likeness (QED) is 0.427. The first kappa shape index (κ1) is 18.1. The highest BCUT2D eigenvalue weighted by Gasteiger charge is 2.61. The largest absolute Gasteiger partial charge is 0.345 e. The molecule has 0 saturated heterocycles. The average molecular weight is 406 g/mol. The number of hydrogen-bond donors (Lipinski definition) is 0. The Morgan fingerprint density at radius 1 is 0.677 bits per heavy atom. The second-order valence-electron chi connectivity index (χ2n) is 10.8. The zero-order valence-electron chi connectivity index (χ0n) is 18.6. The van der Waals surface area contributed by atoms with Gasteiger partial charge in [0.2, 0.25) is 0 Å². The van der Waals surface area contributed by atoms with Gasteiger partial charge in [-0.3, -0.25) is 0 Å². The smallest absolute Gasteiger partial charge is 0.0414 e.